The number of aromatic nitrogens is 1. The second-order valence-corrected chi connectivity index (χ2v) is 11.0. The van der Waals surface area contributed by atoms with Gasteiger partial charge >= 0.3 is 6.09 Å². The van der Waals surface area contributed by atoms with Gasteiger partial charge in [-0.3, -0.25) is 14.7 Å². The van der Waals surface area contributed by atoms with Crippen molar-refractivity contribution in [3.63, 3.8) is 0 Å². The summed E-state index contributed by atoms with van der Waals surface area (Å²) in [5.74, 6) is 1.28. The molecule has 0 radical (unpaired) electrons. The number of amides is 2. The van der Waals surface area contributed by atoms with Crippen LogP contribution in [0.15, 0.2) is 48.7 Å². The average molecular weight is 531 g/mol. The molecule has 2 amide bonds. The predicted molar refractivity (Wildman–Crippen MR) is 146 cm³/mol. The quantitative estimate of drug-likeness (QED) is 0.493. The summed E-state index contributed by atoms with van der Waals surface area (Å²) in [4.78, 5) is 33.3. The van der Waals surface area contributed by atoms with E-state index in [0.717, 1.165) is 66.6 Å². The van der Waals surface area contributed by atoms with Gasteiger partial charge in [-0.25, -0.2) is 4.79 Å². The van der Waals surface area contributed by atoms with E-state index in [1.54, 1.807) is 13.3 Å². The molecular weight excluding hydrogens is 496 g/mol. The van der Waals surface area contributed by atoms with Crippen molar-refractivity contribution in [2.75, 3.05) is 33.3 Å². The van der Waals surface area contributed by atoms with Crippen LogP contribution in [0.1, 0.15) is 47.2 Å². The number of nitrogens with one attached hydrogen (secondary N) is 1. The van der Waals surface area contributed by atoms with Crippen LogP contribution in [0.4, 0.5) is 4.79 Å². The first kappa shape index (κ1) is 25.4. The van der Waals surface area contributed by atoms with E-state index >= 15 is 0 Å². The van der Waals surface area contributed by atoms with Crippen molar-refractivity contribution in [3.05, 3.63) is 65.4 Å². The van der Waals surface area contributed by atoms with Gasteiger partial charge in [0.1, 0.15) is 17.6 Å². The molecule has 2 saturated heterocycles. The van der Waals surface area contributed by atoms with Crippen molar-refractivity contribution < 1.29 is 24.2 Å². The molecule has 2 unspecified atom stereocenters. The van der Waals surface area contributed by atoms with Gasteiger partial charge in [0.2, 0.25) is 0 Å². The number of nitrogens with zero attached hydrogens (tertiary/aromatic N) is 3. The number of ether oxygens (including phenoxy) is 2. The highest BCUT2D eigenvalue weighted by molar-refractivity contribution is 5.97. The lowest BCUT2D eigenvalue weighted by molar-refractivity contribution is 0.00420. The Bertz CT molecular complexity index is 1420. The maximum atomic E-state index is 13.6. The largest absolute Gasteiger partial charge is 0.497 e. The monoisotopic (exact) mass is 530 g/mol. The minimum atomic E-state index is -0.845. The van der Waals surface area contributed by atoms with Crippen LogP contribution < -0.4 is 14.8 Å². The molecular formula is C30H34N4O5. The number of fused-ring (bicyclic) bond motifs is 2. The summed E-state index contributed by atoms with van der Waals surface area (Å²) in [6.07, 6.45) is 4.36. The van der Waals surface area contributed by atoms with Gasteiger partial charge in [-0.2, -0.15) is 0 Å². The number of hydrogen-bond donors (Lipinski definition) is 2. The first-order valence-corrected chi connectivity index (χ1v) is 13.6. The highest BCUT2D eigenvalue weighted by Gasteiger charge is 2.47. The second-order valence-electron chi connectivity index (χ2n) is 11.0. The molecule has 3 fully saturated rings. The molecule has 204 valence electrons. The van der Waals surface area contributed by atoms with Crippen molar-refractivity contribution in [2.24, 2.45) is 0 Å². The fourth-order valence-corrected chi connectivity index (χ4v) is 6.06. The van der Waals surface area contributed by atoms with E-state index in [2.05, 4.69) is 15.2 Å². The molecule has 3 heterocycles. The Hall–Kier alpha value is -3.85. The topological polar surface area (TPSA) is 104 Å². The fourth-order valence-electron chi connectivity index (χ4n) is 6.06. The van der Waals surface area contributed by atoms with Crippen LogP contribution in [0.3, 0.4) is 0 Å². The fraction of sp³-hybridized carbons (Fsp3) is 0.433. The summed E-state index contributed by atoms with van der Waals surface area (Å²) in [6, 6.07) is 13.8. The van der Waals surface area contributed by atoms with E-state index in [4.69, 9.17) is 9.47 Å². The van der Waals surface area contributed by atoms with Crippen LogP contribution in [0, 0.1) is 6.92 Å². The molecule has 0 spiro atoms. The van der Waals surface area contributed by atoms with Crippen LogP contribution in [-0.2, 0) is 5.54 Å². The molecule has 1 saturated carbocycles. The third-order valence-corrected chi connectivity index (χ3v) is 8.44. The first-order valence-electron chi connectivity index (χ1n) is 13.6. The zero-order valence-electron chi connectivity index (χ0n) is 22.4. The Kier molecular flexibility index (Phi) is 6.54. The number of piperidine rings is 1. The van der Waals surface area contributed by atoms with Crippen molar-refractivity contribution in [1.82, 2.24) is 20.1 Å². The Morgan fingerprint density at radius 3 is 2.69 bits per heavy atom. The maximum absolute atomic E-state index is 13.6. The van der Waals surface area contributed by atoms with Crippen molar-refractivity contribution in [3.8, 4) is 11.5 Å². The smallest absolute Gasteiger partial charge is 0.407 e. The molecule has 6 rings (SSSR count). The maximum Gasteiger partial charge on any atom is 0.407 e. The van der Waals surface area contributed by atoms with E-state index in [9.17, 15) is 14.7 Å². The molecule has 2 aliphatic heterocycles. The van der Waals surface area contributed by atoms with Gasteiger partial charge in [0.25, 0.3) is 5.91 Å². The number of rotatable bonds is 6. The molecule has 1 aromatic heterocycles. The second kappa shape index (κ2) is 10.0. The van der Waals surface area contributed by atoms with E-state index in [0.29, 0.717) is 24.4 Å². The lowest BCUT2D eigenvalue weighted by Crippen LogP contribution is -2.59. The third kappa shape index (κ3) is 4.98. The highest BCUT2D eigenvalue weighted by atomic mass is 16.5. The van der Waals surface area contributed by atoms with E-state index < -0.39 is 11.6 Å². The van der Waals surface area contributed by atoms with E-state index in [1.165, 1.54) is 4.90 Å². The lowest BCUT2D eigenvalue weighted by atomic mass is 9.97. The van der Waals surface area contributed by atoms with Crippen LogP contribution in [0.2, 0.25) is 0 Å². The lowest BCUT2D eigenvalue weighted by Gasteiger charge is -2.45. The number of carboxylic acid groups (broad SMARTS) is 1. The first-order chi connectivity index (χ1) is 18.8. The van der Waals surface area contributed by atoms with Crippen molar-refractivity contribution >= 4 is 22.9 Å². The Labute approximate surface area is 227 Å². The number of carbonyl (C=O) groups is 2. The van der Waals surface area contributed by atoms with Crippen LogP contribution in [-0.4, -0.2) is 77.3 Å². The Balaban J connectivity index is 1.17. The van der Waals surface area contributed by atoms with Crippen LogP contribution in [0.25, 0.3) is 10.9 Å². The van der Waals surface area contributed by atoms with Gasteiger partial charge in [0, 0.05) is 55.4 Å². The molecule has 9 nitrogen and oxygen atoms in total. The predicted octanol–water partition coefficient (Wildman–Crippen LogP) is 4.18. The number of hydrogen-bond acceptors (Lipinski definition) is 6. The van der Waals surface area contributed by atoms with E-state index in [-0.39, 0.29) is 18.1 Å². The number of pyridine rings is 1. The van der Waals surface area contributed by atoms with Gasteiger partial charge in [0.15, 0.2) is 0 Å². The molecule has 3 aliphatic rings. The Morgan fingerprint density at radius 1 is 1.08 bits per heavy atom. The van der Waals surface area contributed by atoms with Gasteiger partial charge in [-0.15, -0.1) is 0 Å². The van der Waals surface area contributed by atoms with Gasteiger partial charge in [-0.05, 0) is 68.0 Å². The highest BCUT2D eigenvalue weighted by Crippen LogP contribution is 2.49. The van der Waals surface area contributed by atoms with Gasteiger partial charge in [-0.1, -0.05) is 12.1 Å². The third-order valence-electron chi connectivity index (χ3n) is 8.44. The Morgan fingerprint density at radius 2 is 1.92 bits per heavy atom. The zero-order chi connectivity index (χ0) is 27.1. The number of benzene rings is 2. The molecule has 2 N–H and O–H groups in total. The molecule has 2 aromatic carbocycles. The van der Waals surface area contributed by atoms with Crippen molar-refractivity contribution in [2.45, 2.75) is 50.3 Å². The minimum Gasteiger partial charge on any atom is -0.497 e. The number of aryl methyl sites for hydroxylation is 1. The molecule has 0 bridgehead atoms. The summed E-state index contributed by atoms with van der Waals surface area (Å²) in [5, 5.41) is 13.7. The number of carbonyl (C=O) groups excluding carboxylic acids is 1. The molecule has 9 heteroatoms. The normalized spacial score (nSPS) is 22.2. The molecule has 3 aromatic rings. The van der Waals surface area contributed by atoms with E-state index in [1.807, 2.05) is 49.4 Å². The molecule has 2 atom stereocenters. The molecule has 1 aliphatic carbocycles. The number of piperazine rings is 1. The average Bonchev–Trinajstić information content (AvgIpc) is 3.73. The minimum absolute atomic E-state index is 0.00154. The zero-order valence-corrected chi connectivity index (χ0v) is 22.4. The standard InChI is InChI=1S/C30H34N4O5/c1-19-5-7-21(39-22-8-6-20-17-34(29(36)37)13-12-33(20)18-22)14-25(19)28(35)32-30(9-10-30)26-15-23(38-2)16-27-24(26)4-3-11-31-27/h3-5,7,11,14-16,20,22H,6,8-10,12-13,17-18H2,1-2H3,(H,32,35)(H,36,37). The summed E-state index contributed by atoms with van der Waals surface area (Å²) in [7, 11) is 1.64. The summed E-state index contributed by atoms with van der Waals surface area (Å²) in [5.41, 5.74) is 2.92. The van der Waals surface area contributed by atoms with Crippen LogP contribution in [0.5, 0.6) is 11.5 Å². The number of methoxy groups -OCH3 is 1. The van der Waals surface area contributed by atoms with Gasteiger partial charge in [0.05, 0.1) is 18.2 Å². The van der Waals surface area contributed by atoms with Crippen LogP contribution >= 0.6 is 0 Å². The van der Waals surface area contributed by atoms with Gasteiger partial charge < -0.3 is 24.8 Å². The summed E-state index contributed by atoms with van der Waals surface area (Å²) in [6.45, 7) is 4.49. The van der Waals surface area contributed by atoms with Crippen molar-refractivity contribution in [1.29, 1.82) is 0 Å². The summed E-state index contributed by atoms with van der Waals surface area (Å²) >= 11 is 0. The summed E-state index contributed by atoms with van der Waals surface area (Å²) < 4.78 is 11.9. The SMILES string of the molecule is COc1cc(C2(NC(=O)c3cc(OC4CCC5CN(C(=O)O)CCN5C4)ccc3C)CC2)c2cccnc2c1. The molecule has 39 heavy (non-hydrogen) atoms.